The van der Waals surface area contributed by atoms with Gasteiger partial charge in [0, 0.05) is 42.5 Å². The van der Waals surface area contributed by atoms with Crippen LogP contribution < -0.4 is 5.73 Å². The zero-order valence-electron chi connectivity index (χ0n) is 22.2. The summed E-state index contributed by atoms with van der Waals surface area (Å²) in [7, 11) is -3.29. The summed E-state index contributed by atoms with van der Waals surface area (Å²) < 4.78 is 24.2. The van der Waals surface area contributed by atoms with Crippen LogP contribution in [-0.4, -0.2) is 69.0 Å². The smallest absolute Gasteiger partial charge is 0.175 e. The van der Waals surface area contributed by atoms with Crippen LogP contribution in [0.1, 0.15) is 30.6 Å². The molecule has 2 N–H and O–H groups in total. The average molecular weight is 583 g/mol. The van der Waals surface area contributed by atoms with Gasteiger partial charge in [-0.3, -0.25) is 4.90 Å². The molecule has 2 saturated heterocycles. The van der Waals surface area contributed by atoms with Crippen molar-refractivity contribution in [1.29, 1.82) is 0 Å². The Bertz CT molecular complexity index is 1470. The van der Waals surface area contributed by atoms with Gasteiger partial charge in [0.15, 0.2) is 9.84 Å². The van der Waals surface area contributed by atoms with Crippen molar-refractivity contribution >= 4 is 44.2 Å². The maximum atomic E-state index is 12.1. The van der Waals surface area contributed by atoms with Gasteiger partial charge in [-0.1, -0.05) is 35.9 Å². The molecule has 0 atom stereocenters. The van der Waals surface area contributed by atoms with E-state index in [1.54, 1.807) is 29.5 Å². The lowest BCUT2D eigenvalue weighted by Crippen LogP contribution is -2.44. The SMILES string of the molecule is CS(=O)(=O)c1cccc(-c2ccc(C(/C=C(\N)CN3CCC(N4CCCC4)CC3)=Nc3ccccc3Cl)s2)c1. The quantitative estimate of drug-likeness (QED) is 0.330. The number of para-hydroxylation sites is 1. The lowest BCUT2D eigenvalue weighted by Gasteiger charge is -2.36. The number of hydrogen-bond acceptors (Lipinski definition) is 7. The second kappa shape index (κ2) is 12.4. The van der Waals surface area contributed by atoms with Crippen LogP contribution in [0.15, 0.2) is 82.3 Å². The molecule has 0 saturated carbocycles. The van der Waals surface area contributed by atoms with E-state index in [4.69, 9.17) is 22.3 Å². The maximum Gasteiger partial charge on any atom is 0.175 e. The van der Waals surface area contributed by atoms with Crippen LogP contribution in [0.2, 0.25) is 5.02 Å². The Kier molecular flexibility index (Phi) is 8.89. The highest BCUT2D eigenvalue weighted by Crippen LogP contribution is 2.32. The Morgan fingerprint density at radius 2 is 1.79 bits per heavy atom. The van der Waals surface area contributed by atoms with Crippen molar-refractivity contribution in [1.82, 2.24) is 9.80 Å². The van der Waals surface area contributed by atoms with E-state index in [0.29, 0.717) is 28.2 Å². The number of halogens is 1. The van der Waals surface area contributed by atoms with E-state index < -0.39 is 9.84 Å². The molecular weight excluding hydrogens is 548 g/mol. The van der Waals surface area contributed by atoms with Crippen LogP contribution >= 0.6 is 22.9 Å². The molecule has 3 aromatic rings. The molecule has 0 radical (unpaired) electrons. The normalized spacial score (nSPS) is 18.6. The molecule has 3 heterocycles. The molecule has 206 valence electrons. The summed E-state index contributed by atoms with van der Waals surface area (Å²) in [5.74, 6) is 0. The summed E-state index contributed by atoms with van der Waals surface area (Å²) in [6.45, 7) is 5.29. The standard InChI is InChI=1S/C30H35ClN4O2S2/c1-39(36,37)25-8-6-7-22(19-25)29-11-12-30(38-29)28(33-27-10-3-2-9-26(27)31)20-23(32)21-34-17-13-24(14-18-34)35-15-4-5-16-35/h2-3,6-12,19-20,24H,4-5,13-18,21,32H2,1H3/b23-20-,33-28?. The van der Waals surface area contributed by atoms with E-state index >= 15 is 0 Å². The number of likely N-dealkylation sites (tertiary alicyclic amines) is 2. The molecule has 39 heavy (non-hydrogen) atoms. The molecule has 2 aliphatic rings. The Morgan fingerprint density at radius 1 is 1.05 bits per heavy atom. The van der Waals surface area contributed by atoms with Gasteiger partial charge in [-0.25, -0.2) is 13.4 Å². The van der Waals surface area contributed by atoms with Crippen molar-refractivity contribution in [2.75, 3.05) is 39.0 Å². The number of piperidine rings is 1. The van der Waals surface area contributed by atoms with E-state index in [2.05, 4.69) is 9.80 Å². The fraction of sp³-hybridized carbons (Fsp3) is 0.367. The summed E-state index contributed by atoms with van der Waals surface area (Å²) in [5, 5.41) is 0.573. The first-order valence-corrected chi connectivity index (χ1v) is 16.5. The van der Waals surface area contributed by atoms with Gasteiger partial charge in [-0.15, -0.1) is 11.3 Å². The second-order valence-electron chi connectivity index (χ2n) is 10.4. The van der Waals surface area contributed by atoms with E-state index in [9.17, 15) is 8.42 Å². The zero-order chi connectivity index (χ0) is 27.4. The number of allylic oxidation sites excluding steroid dienone is 1. The van der Waals surface area contributed by atoms with Crippen molar-refractivity contribution in [2.45, 2.75) is 36.6 Å². The van der Waals surface area contributed by atoms with E-state index in [1.165, 1.54) is 45.0 Å². The third-order valence-corrected chi connectivity index (χ3v) is 10.0. The van der Waals surface area contributed by atoms with Gasteiger partial charge >= 0.3 is 0 Å². The summed E-state index contributed by atoms with van der Waals surface area (Å²) in [6.07, 6.45) is 8.22. The topological polar surface area (TPSA) is 79.0 Å². The number of thiophene rings is 1. The second-order valence-corrected chi connectivity index (χ2v) is 13.9. The molecule has 0 amide bonds. The first kappa shape index (κ1) is 28.1. The van der Waals surface area contributed by atoms with Crippen molar-refractivity contribution < 1.29 is 8.42 Å². The largest absolute Gasteiger partial charge is 0.401 e. The maximum absolute atomic E-state index is 12.1. The summed E-state index contributed by atoms with van der Waals surface area (Å²) in [6, 6.07) is 19.2. The van der Waals surface area contributed by atoms with Crippen molar-refractivity contribution in [3.63, 3.8) is 0 Å². The molecule has 6 nitrogen and oxygen atoms in total. The van der Waals surface area contributed by atoms with Crippen LogP contribution in [0.4, 0.5) is 5.69 Å². The first-order valence-electron chi connectivity index (χ1n) is 13.4. The molecule has 1 aromatic heterocycles. The molecule has 0 unspecified atom stereocenters. The monoisotopic (exact) mass is 582 g/mol. The van der Waals surface area contributed by atoms with Gasteiger partial charge in [-0.2, -0.15) is 0 Å². The molecule has 2 fully saturated rings. The number of aliphatic imine (C=N–C) groups is 1. The van der Waals surface area contributed by atoms with Gasteiger partial charge in [0.2, 0.25) is 0 Å². The van der Waals surface area contributed by atoms with Crippen LogP contribution in [0.3, 0.4) is 0 Å². The zero-order valence-corrected chi connectivity index (χ0v) is 24.6. The number of sulfone groups is 1. The number of rotatable bonds is 8. The predicted octanol–water partition coefficient (Wildman–Crippen LogP) is 6.00. The van der Waals surface area contributed by atoms with Crippen LogP contribution in [0, 0.1) is 0 Å². The van der Waals surface area contributed by atoms with E-state index in [1.807, 2.05) is 48.5 Å². The third-order valence-electron chi connectivity index (χ3n) is 7.44. The Balaban J connectivity index is 1.38. The molecule has 0 spiro atoms. The van der Waals surface area contributed by atoms with Crippen LogP contribution in [0.25, 0.3) is 10.4 Å². The molecule has 9 heteroatoms. The fourth-order valence-corrected chi connectivity index (χ4v) is 7.18. The number of nitrogens with zero attached hydrogens (tertiary/aromatic N) is 3. The minimum absolute atomic E-state index is 0.303. The summed E-state index contributed by atoms with van der Waals surface area (Å²) in [5.41, 5.74) is 9.64. The minimum Gasteiger partial charge on any atom is -0.401 e. The lowest BCUT2D eigenvalue weighted by molar-refractivity contribution is 0.133. The summed E-state index contributed by atoms with van der Waals surface area (Å²) in [4.78, 5) is 12.2. The Morgan fingerprint density at radius 3 is 2.51 bits per heavy atom. The number of nitrogens with two attached hydrogens (primary N) is 1. The molecule has 2 aromatic carbocycles. The highest BCUT2D eigenvalue weighted by molar-refractivity contribution is 7.90. The van der Waals surface area contributed by atoms with Crippen molar-refractivity contribution in [3.8, 4) is 10.4 Å². The number of benzene rings is 2. The number of hydrogen-bond donors (Lipinski definition) is 1. The van der Waals surface area contributed by atoms with Crippen LogP contribution in [0.5, 0.6) is 0 Å². The average Bonchev–Trinajstić information content (AvgIpc) is 3.63. The first-order chi connectivity index (χ1) is 18.8. The molecule has 5 rings (SSSR count). The minimum atomic E-state index is -3.29. The Labute approximate surface area is 240 Å². The molecular formula is C30H35ClN4O2S2. The van der Waals surface area contributed by atoms with Gasteiger partial charge < -0.3 is 10.6 Å². The van der Waals surface area contributed by atoms with Crippen LogP contribution in [-0.2, 0) is 9.84 Å². The highest BCUT2D eigenvalue weighted by atomic mass is 35.5. The fourth-order valence-electron chi connectivity index (χ4n) is 5.37. The van der Waals surface area contributed by atoms with E-state index in [-0.39, 0.29) is 0 Å². The van der Waals surface area contributed by atoms with Crippen molar-refractivity contribution in [3.05, 3.63) is 82.3 Å². The highest BCUT2D eigenvalue weighted by Gasteiger charge is 2.26. The third kappa shape index (κ3) is 7.18. The predicted molar refractivity (Wildman–Crippen MR) is 163 cm³/mol. The van der Waals surface area contributed by atoms with E-state index in [0.717, 1.165) is 39.8 Å². The van der Waals surface area contributed by atoms with Gasteiger partial charge in [0.25, 0.3) is 0 Å². The van der Waals surface area contributed by atoms with Gasteiger partial charge in [-0.05, 0) is 86.8 Å². The molecule has 2 aliphatic heterocycles. The lowest BCUT2D eigenvalue weighted by atomic mass is 10.0. The summed E-state index contributed by atoms with van der Waals surface area (Å²) >= 11 is 8.00. The molecule has 0 aliphatic carbocycles. The molecule has 0 bridgehead atoms. The van der Waals surface area contributed by atoms with Gasteiger partial charge in [0.1, 0.15) is 0 Å². The van der Waals surface area contributed by atoms with Crippen molar-refractivity contribution in [2.24, 2.45) is 10.7 Å². The van der Waals surface area contributed by atoms with Gasteiger partial charge in [0.05, 0.1) is 26.2 Å². The Hall–Kier alpha value is -2.49.